The smallest absolute Gasteiger partial charge is 0.263 e. The molecule has 0 spiro atoms. The van der Waals surface area contributed by atoms with Crippen LogP contribution in [0.1, 0.15) is 45.9 Å². The molecule has 1 fully saturated rings. The van der Waals surface area contributed by atoms with Gasteiger partial charge in [0.15, 0.2) is 5.75 Å². The minimum Gasteiger partial charge on any atom is -0.505 e. The second-order valence-corrected chi connectivity index (χ2v) is 9.94. The van der Waals surface area contributed by atoms with Gasteiger partial charge in [-0.15, -0.1) is 11.3 Å². The van der Waals surface area contributed by atoms with Gasteiger partial charge in [0, 0.05) is 32.7 Å². The topological polar surface area (TPSA) is 119 Å². The molecule has 0 unspecified atom stereocenters. The van der Waals surface area contributed by atoms with Gasteiger partial charge in [-0.05, 0) is 35.6 Å². The van der Waals surface area contributed by atoms with Gasteiger partial charge in [0.2, 0.25) is 0 Å². The van der Waals surface area contributed by atoms with Crippen LogP contribution in [-0.4, -0.2) is 52.9 Å². The molecule has 0 aliphatic carbocycles. The van der Waals surface area contributed by atoms with Gasteiger partial charge in [-0.3, -0.25) is 19.2 Å². The van der Waals surface area contributed by atoms with Crippen LogP contribution in [0.4, 0.5) is 17.1 Å². The van der Waals surface area contributed by atoms with Gasteiger partial charge < -0.3 is 25.5 Å². The first-order valence-electron chi connectivity index (χ1n) is 13.3. The Morgan fingerprint density at radius 2 is 1.50 bits per heavy atom. The molecule has 3 aromatic carbocycles. The van der Waals surface area contributed by atoms with Crippen molar-refractivity contribution in [2.45, 2.75) is 26.8 Å². The molecule has 4 aromatic rings. The minimum absolute atomic E-state index is 0.0448. The molecule has 0 saturated carbocycles. The number of carbonyl (C=O) groups is 2. The van der Waals surface area contributed by atoms with E-state index in [1.54, 1.807) is 21.9 Å². The molecule has 5 rings (SSSR count). The second kappa shape index (κ2) is 13.1. The quantitative estimate of drug-likeness (QED) is 0.226. The number of carbonyl (C=O) groups excluding carboxylic acids is 2. The van der Waals surface area contributed by atoms with E-state index in [1.165, 1.54) is 23.5 Å². The van der Waals surface area contributed by atoms with Crippen molar-refractivity contribution in [1.82, 2.24) is 9.80 Å². The number of phenols is 1. The third-order valence-electron chi connectivity index (χ3n) is 6.55. The van der Waals surface area contributed by atoms with Crippen molar-refractivity contribution in [3.05, 3.63) is 102 Å². The molecule has 0 radical (unpaired) electrons. The SMILES string of the molecule is CC.O=C(c1cccs1)N1CCCN(C(=O)c2cccc(Nc3c(NCc4ccccc4)c(=O)c3=O)c2O)CC1. The summed E-state index contributed by atoms with van der Waals surface area (Å²) in [6.45, 7) is 6.05. The molecular weight excluding hydrogens is 528 g/mol. The maximum Gasteiger partial charge on any atom is 0.263 e. The zero-order valence-corrected chi connectivity index (χ0v) is 23.3. The van der Waals surface area contributed by atoms with Gasteiger partial charge in [0.1, 0.15) is 11.4 Å². The third-order valence-corrected chi connectivity index (χ3v) is 7.41. The van der Waals surface area contributed by atoms with E-state index in [-0.39, 0.29) is 40.2 Å². The average molecular weight is 561 g/mol. The minimum atomic E-state index is -0.695. The van der Waals surface area contributed by atoms with E-state index in [9.17, 15) is 24.3 Å². The summed E-state index contributed by atoms with van der Waals surface area (Å²) in [5, 5.41) is 18.6. The fourth-order valence-corrected chi connectivity index (χ4v) is 5.16. The number of para-hydroxylation sites is 1. The number of phenolic OH excluding ortho intramolecular Hbond substituents is 1. The zero-order valence-electron chi connectivity index (χ0n) is 22.5. The number of rotatable bonds is 7. The van der Waals surface area contributed by atoms with Crippen LogP contribution in [-0.2, 0) is 6.54 Å². The van der Waals surface area contributed by atoms with E-state index in [1.807, 2.05) is 55.6 Å². The van der Waals surface area contributed by atoms with Crippen LogP contribution in [0, 0.1) is 0 Å². The van der Waals surface area contributed by atoms with Crippen LogP contribution >= 0.6 is 11.3 Å². The first-order valence-corrected chi connectivity index (χ1v) is 14.1. The number of anilines is 3. The molecule has 0 atom stereocenters. The van der Waals surface area contributed by atoms with Crippen molar-refractivity contribution >= 4 is 40.2 Å². The lowest BCUT2D eigenvalue weighted by Crippen LogP contribution is -2.37. The zero-order chi connectivity index (χ0) is 28.6. The summed E-state index contributed by atoms with van der Waals surface area (Å²) in [5.74, 6) is -0.729. The van der Waals surface area contributed by atoms with Crippen LogP contribution in [0.2, 0.25) is 0 Å². The van der Waals surface area contributed by atoms with Crippen LogP contribution in [0.3, 0.4) is 0 Å². The van der Waals surface area contributed by atoms with Crippen molar-refractivity contribution in [3.8, 4) is 5.75 Å². The van der Waals surface area contributed by atoms with E-state index in [2.05, 4.69) is 10.6 Å². The Hall–Kier alpha value is -4.44. The Labute approximate surface area is 236 Å². The van der Waals surface area contributed by atoms with Crippen molar-refractivity contribution in [1.29, 1.82) is 0 Å². The number of benzene rings is 2. The standard InChI is InChI=1S/C28H26N4O5S.C2H6/c33-24-19(27(36)31-12-6-13-32(15-14-31)28(37)21-11-5-16-38-21)9-4-10-20(24)30-23-22(25(34)26(23)35)29-17-18-7-2-1-3-8-18;1-2/h1-5,7-11,16,29-30,33H,6,12-15,17H2;1-2H3. The molecule has 208 valence electrons. The van der Waals surface area contributed by atoms with Gasteiger partial charge in [-0.25, -0.2) is 0 Å². The van der Waals surface area contributed by atoms with Crippen molar-refractivity contribution in [3.63, 3.8) is 0 Å². The number of aromatic hydroxyl groups is 1. The molecule has 1 saturated heterocycles. The Kier molecular flexibility index (Phi) is 9.34. The van der Waals surface area contributed by atoms with Crippen LogP contribution < -0.4 is 21.5 Å². The molecule has 1 aliphatic heterocycles. The molecule has 1 aliphatic rings. The first kappa shape index (κ1) is 28.6. The molecule has 1 aromatic heterocycles. The molecule has 40 heavy (non-hydrogen) atoms. The molecule has 0 bridgehead atoms. The van der Waals surface area contributed by atoms with Crippen LogP contribution in [0.5, 0.6) is 5.75 Å². The Bertz CT molecular complexity index is 1530. The summed E-state index contributed by atoms with van der Waals surface area (Å²) in [4.78, 5) is 54.5. The lowest BCUT2D eigenvalue weighted by Gasteiger charge is -2.23. The highest BCUT2D eigenvalue weighted by molar-refractivity contribution is 7.12. The number of nitrogens with zero attached hydrogens (tertiary/aromatic N) is 2. The van der Waals surface area contributed by atoms with Gasteiger partial charge in [-0.2, -0.15) is 0 Å². The largest absolute Gasteiger partial charge is 0.505 e. The second-order valence-electron chi connectivity index (χ2n) is 8.99. The van der Waals surface area contributed by atoms with E-state index in [0.717, 1.165) is 5.56 Å². The molecule has 9 nitrogen and oxygen atoms in total. The summed E-state index contributed by atoms with van der Waals surface area (Å²) in [6, 6.07) is 17.7. The van der Waals surface area contributed by atoms with E-state index < -0.39 is 10.9 Å². The number of amides is 2. The lowest BCUT2D eigenvalue weighted by molar-refractivity contribution is 0.0719. The number of thiophene rings is 1. The monoisotopic (exact) mass is 560 g/mol. The summed E-state index contributed by atoms with van der Waals surface area (Å²) in [5.41, 5.74) is 0.0121. The molecule has 2 heterocycles. The van der Waals surface area contributed by atoms with Crippen molar-refractivity contribution < 1.29 is 14.7 Å². The molecule has 2 amide bonds. The molecular formula is C30H32N4O5S. The number of nitrogens with one attached hydrogen (secondary N) is 2. The third kappa shape index (κ3) is 6.07. The van der Waals surface area contributed by atoms with Crippen LogP contribution in [0.25, 0.3) is 0 Å². The predicted molar refractivity (Wildman–Crippen MR) is 159 cm³/mol. The van der Waals surface area contributed by atoms with E-state index >= 15 is 0 Å². The Morgan fingerprint density at radius 3 is 2.17 bits per heavy atom. The number of hydrogen-bond donors (Lipinski definition) is 3. The van der Waals surface area contributed by atoms with Crippen molar-refractivity contribution in [2.24, 2.45) is 0 Å². The first-order chi connectivity index (χ1) is 19.4. The normalized spacial score (nSPS) is 13.2. The van der Waals surface area contributed by atoms with Gasteiger partial charge in [0.05, 0.1) is 16.1 Å². The average Bonchev–Trinajstić information content (AvgIpc) is 3.42. The van der Waals surface area contributed by atoms with E-state index in [0.29, 0.717) is 44.0 Å². The summed E-state index contributed by atoms with van der Waals surface area (Å²) in [7, 11) is 0. The van der Waals surface area contributed by atoms with Gasteiger partial charge >= 0.3 is 0 Å². The molecule has 10 heteroatoms. The highest BCUT2D eigenvalue weighted by Crippen LogP contribution is 2.32. The van der Waals surface area contributed by atoms with Crippen molar-refractivity contribution in [2.75, 3.05) is 36.8 Å². The Balaban J connectivity index is 0.00000181. The summed E-state index contributed by atoms with van der Waals surface area (Å²) in [6.07, 6.45) is 0.613. The fraction of sp³-hybridized carbons (Fsp3) is 0.267. The summed E-state index contributed by atoms with van der Waals surface area (Å²) >= 11 is 1.39. The van der Waals surface area contributed by atoms with Crippen LogP contribution in [0.15, 0.2) is 75.6 Å². The highest BCUT2D eigenvalue weighted by Gasteiger charge is 2.27. The summed E-state index contributed by atoms with van der Waals surface area (Å²) < 4.78 is 0. The maximum atomic E-state index is 13.3. The molecule has 3 N–H and O–H groups in total. The van der Waals surface area contributed by atoms with E-state index in [4.69, 9.17) is 0 Å². The fourth-order valence-electron chi connectivity index (χ4n) is 4.47. The maximum absolute atomic E-state index is 13.3. The Morgan fingerprint density at radius 1 is 0.825 bits per heavy atom. The predicted octanol–water partition coefficient (Wildman–Crippen LogP) is 4.42. The number of hydrogen-bond acceptors (Lipinski definition) is 8. The lowest BCUT2D eigenvalue weighted by atomic mass is 10.1. The highest BCUT2D eigenvalue weighted by atomic mass is 32.1. The van der Waals surface area contributed by atoms with Gasteiger partial charge in [-0.1, -0.05) is 56.3 Å². The van der Waals surface area contributed by atoms with Gasteiger partial charge in [0.25, 0.3) is 22.7 Å².